The fourth-order valence-corrected chi connectivity index (χ4v) is 5.44. The zero-order valence-corrected chi connectivity index (χ0v) is 24.8. The van der Waals surface area contributed by atoms with Gasteiger partial charge in [-0.3, -0.25) is 14.3 Å². The van der Waals surface area contributed by atoms with Crippen LogP contribution in [0.25, 0.3) is 0 Å². The number of hydrogen-bond acceptors (Lipinski definition) is 9. The number of hydrogen-bond donors (Lipinski definition) is 2. The van der Waals surface area contributed by atoms with Crippen LogP contribution in [0.5, 0.6) is 11.5 Å². The van der Waals surface area contributed by atoms with Crippen molar-refractivity contribution >= 4 is 0 Å². The average Bonchev–Trinajstić information content (AvgIpc) is 3.36. The van der Waals surface area contributed by atoms with Gasteiger partial charge < -0.3 is 33.5 Å². The highest BCUT2D eigenvalue weighted by Gasteiger charge is 2.48. The van der Waals surface area contributed by atoms with Gasteiger partial charge in [0.05, 0.1) is 34.0 Å². The number of aliphatic hydroxyl groups excluding tert-OH is 1. The standard InChI is InChI=1S/C33H36N2O9/c1-39-19-20-42-30-29(37)27(44-31(30)35-18-17-28(36)34-32(35)38)21-43-33(22-7-5-4-6-8-22,23-9-13-25(40-2)14-10-23)24-11-15-26(41-3)16-12-24/h4-18,27,29-31,37H,19-21H2,1-3H3,(H,34,36,38)/t27-,29-,30-,31-/m1/s1. The zero-order valence-electron chi connectivity index (χ0n) is 24.8. The van der Waals surface area contributed by atoms with Crippen molar-refractivity contribution < 1.29 is 33.5 Å². The predicted octanol–water partition coefficient (Wildman–Crippen LogP) is 2.85. The quantitative estimate of drug-likeness (QED) is 0.175. The van der Waals surface area contributed by atoms with Gasteiger partial charge in [-0.1, -0.05) is 54.6 Å². The van der Waals surface area contributed by atoms with Crippen molar-refractivity contribution in [2.45, 2.75) is 30.1 Å². The minimum absolute atomic E-state index is 0.0904. The Hall–Kier alpha value is -4.26. The van der Waals surface area contributed by atoms with E-state index in [0.29, 0.717) is 11.5 Å². The third kappa shape index (κ3) is 6.33. The van der Waals surface area contributed by atoms with E-state index in [1.807, 2.05) is 78.9 Å². The van der Waals surface area contributed by atoms with E-state index in [9.17, 15) is 14.7 Å². The van der Waals surface area contributed by atoms with Crippen LogP contribution in [0.15, 0.2) is 101 Å². The van der Waals surface area contributed by atoms with E-state index in [1.54, 1.807) is 14.2 Å². The van der Waals surface area contributed by atoms with Crippen LogP contribution in [0, 0.1) is 0 Å². The summed E-state index contributed by atoms with van der Waals surface area (Å²) in [5.74, 6) is 1.37. The summed E-state index contributed by atoms with van der Waals surface area (Å²) in [6, 6.07) is 26.1. The molecule has 2 N–H and O–H groups in total. The molecule has 1 fully saturated rings. The molecule has 0 unspecified atom stereocenters. The molecule has 4 aromatic rings. The number of aromatic amines is 1. The summed E-state index contributed by atoms with van der Waals surface area (Å²) in [4.78, 5) is 26.7. The van der Waals surface area contributed by atoms with E-state index in [1.165, 1.54) is 23.9 Å². The Morgan fingerprint density at radius 2 is 1.41 bits per heavy atom. The van der Waals surface area contributed by atoms with E-state index < -0.39 is 41.4 Å². The van der Waals surface area contributed by atoms with Crippen LogP contribution in [-0.4, -0.2) is 74.1 Å². The number of ether oxygens (including phenoxy) is 6. The van der Waals surface area contributed by atoms with Gasteiger partial charge in [-0.2, -0.15) is 0 Å². The molecular formula is C33H36N2O9. The lowest BCUT2D eigenvalue weighted by atomic mass is 9.80. The molecule has 2 heterocycles. The molecule has 1 aliphatic rings. The molecule has 5 rings (SSSR count). The van der Waals surface area contributed by atoms with Gasteiger partial charge in [0, 0.05) is 19.4 Å². The van der Waals surface area contributed by atoms with Crippen LogP contribution in [-0.2, 0) is 24.5 Å². The van der Waals surface area contributed by atoms with Crippen molar-refractivity contribution in [1.82, 2.24) is 9.55 Å². The number of H-pyrrole nitrogens is 1. The summed E-state index contributed by atoms with van der Waals surface area (Å²) in [6.45, 7) is 0.325. The highest BCUT2D eigenvalue weighted by molar-refractivity contribution is 5.49. The van der Waals surface area contributed by atoms with E-state index in [0.717, 1.165) is 16.7 Å². The van der Waals surface area contributed by atoms with Crippen molar-refractivity contribution in [3.63, 3.8) is 0 Å². The third-order valence-corrected chi connectivity index (χ3v) is 7.67. The highest BCUT2D eigenvalue weighted by Crippen LogP contribution is 2.43. The summed E-state index contributed by atoms with van der Waals surface area (Å²) in [5, 5.41) is 11.5. The Morgan fingerprint density at radius 1 is 0.818 bits per heavy atom. The van der Waals surface area contributed by atoms with Crippen LogP contribution in [0.1, 0.15) is 22.9 Å². The Kier molecular flexibility index (Phi) is 9.93. The van der Waals surface area contributed by atoms with Gasteiger partial charge in [-0.25, -0.2) is 4.79 Å². The molecule has 11 heteroatoms. The molecule has 0 saturated carbocycles. The van der Waals surface area contributed by atoms with Crippen molar-refractivity contribution in [3.05, 3.63) is 129 Å². The number of aromatic nitrogens is 2. The van der Waals surface area contributed by atoms with Gasteiger partial charge >= 0.3 is 5.69 Å². The second-order valence-electron chi connectivity index (χ2n) is 10.2. The van der Waals surface area contributed by atoms with Crippen molar-refractivity contribution in [1.29, 1.82) is 0 Å². The average molecular weight is 605 g/mol. The fraction of sp³-hybridized carbons (Fsp3) is 0.333. The molecule has 232 valence electrons. The van der Waals surface area contributed by atoms with Gasteiger partial charge in [-0.05, 0) is 41.0 Å². The Bertz CT molecular complexity index is 1560. The molecule has 1 aliphatic heterocycles. The third-order valence-electron chi connectivity index (χ3n) is 7.67. The second kappa shape index (κ2) is 14.0. The zero-order chi connectivity index (χ0) is 31.1. The summed E-state index contributed by atoms with van der Waals surface area (Å²) in [5.41, 5.74) is 0.0678. The summed E-state index contributed by atoms with van der Waals surface area (Å²) < 4.78 is 36.2. The molecule has 44 heavy (non-hydrogen) atoms. The number of methoxy groups -OCH3 is 3. The minimum atomic E-state index is -1.18. The van der Waals surface area contributed by atoms with E-state index in [2.05, 4.69) is 4.98 Å². The lowest BCUT2D eigenvalue weighted by Gasteiger charge is -2.37. The molecule has 0 amide bonds. The number of nitrogens with one attached hydrogen (secondary N) is 1. The smallest absolute Gasteiger partial charge is 0.330 e. The molecule has 0 bridgehead atoms. The maximum absolute atomic E-state index is 12.7. The molecule has 0 radical (unpaired) electrons. The molecule has 1 aromatic heterocycles. The Balaban J connectivity index is 1.55. The summed E-state index contributed by atoms with van der Waals surface area (Å²) in [6.07, 6.45) is -2.76. The minimum Gasteiger partial charge on any atom is -0.497 e. The van der Waals surface area contributed by atoms with Gasteiger partial charge in [0.15, 0.2) is 6.23 Å². The maximum atomic E-state index is 12.7. The summed E-state index contributed by atoms with van der Waals surface area (Å²) >= 11 is 0. The maximum Gasteiger partial charge on any atom is 0.330 e. The topological polar surface area (TPSA) is 130 Å². The highest BCUT2D eigenvalue weighted by atomic mass is 16.6. The monoisotopic (exact) mass is 604 g/mol. The predicted molar refractivity (Wildman–Crippen MR) is 161 cm³/mol. The van der Waals surface area contributed by atoms with Crippen LogP contribution in [0.3, 0.4) is 0 Å². The van der Waals surface area contributed by atoms with Crippen LogP contribution < -0.4 is 20.7 Å². The first-order chi connectivity index (χ1) is 21.4. The van der Waals surface area contributed by atoms with Crippen LogP contribution in [0.4, 0.5) is 0 Å². The number of benzene rings is 3. The second-order valence-corrected chi connectivity index (χ2v) is 10.2. The SMILES string of the molecule is COCCO[C@@H]1[C@H](O)[C@@H](COC(c2ccccc2)(c2ccc(OC)cc2)c2ccc(OC)cc2)O[C@H]1n1ccc(=O)[nH]c1=O. The van der Waals surface area contributed by atoms with Crippen molar-refractivity contribution in [2.24, 2.45) is 0 Å². The molecule has 0 aliphatic carbocycles. The number of rotatable bonds is 13. The largest absolute Gasteiger partial charge is 0.497 e. The van der Waals surface area contributed by atoms with Crippen LogP contribution >= 0.6 is 0 Å². The molecule has 11 nitrogen and oxygen atoms in total. The van der Waals surface area contributed by atoms with E-state index in [-0.39, 0.29) is 19.8 Å². The first-order valence-electron chi connectivity index (χ1n) is 14.2. The first kappa shape index (κ1) is 31.2. The molecule has 3 aromatic carbocycles. The Labute approximate surface area is 254 Å². The Morgan fingerprint density at radius 3 is 1.95 bits per heavy atom. The lowest BCUT2D eigenvalue weighted by molar-refractivity contribution is -0.0994. The van der Waals surface area contributed by atoms with Gasteiger partial charge in [0.2, 0.25) is 0 Å². The van der Waals surface area contributed by atoms with Gasteiger partial charge in [0.1, 0.15) is 35.4 Å². The van der Waals surface area contributed by atoms with Crippen LogP contribution in [0.2, 0.25) is 0 Å². The molecule has 4 atom stereocenters. The van der Waals surface area contributed by atoms with E-state index in [4.69, 9.17) is 28.4 Å². The number of aliphatic hydroxyl groups is 1. The van der Waals surface area contributed by atoms with Gasteiger partial charge in [-0.15, -0.1) is 0 Å². The molecule has 1 saturated heterocycles. The lowest BCUT2D eigenvalue weighted by Crippen LogP contribution is -2.41. The summed E-state index contributed by atoms with van der Waals surface area (Å²) in [7, 11) is 4.74. The fourth-order valence-electron chi connectivity index (χ4n) is 5.44. The van der Waals surface area contributed by atoms with Crippen molar-refractivity contribution in [2.75, 3.05) is 41.2 Å². The van der Waals surface area contributed by atoms with E-state index >= 15 is 0 Å². The molecule has 0 spiro atoms. The molecular weight excluding hydrogens is 568 g/mol. The normalized spacial score (nSPS) is 20.0. The van der Waals surface area contributed by atoms with Gasteiger partial charge in [0.25, 0.3) is 5.56 Å². The number of nitrogens with zero attached hydrogens (tertiary/aromatic N) is 1. The first-order valence-corrected chi connectivity index (χ1v) is 14.2. The van der Waals surface area contributed by atoms with Crippen molar-refractivity contribution in [3.8, 4) is 11.5 Å².